The van der Waals surface area contributed by atoms with Crippen molar-refractivity contribution in [1.29, 1.82) is 0 Å². The van der Waals surface area contributed by atoms with Gasteiger partial charge in [-0.15, -0.1) is 0 Å². The lowest BCUT2D eigenvalue weighted by atomic mass is 10.3. The molecule has 2 heterocycles. The van der Waals surface area contributed by atoms with E-state index in [0.29, 0.717) is 17.2 Å². The first-order valence-electron chi connectivity index (χ1n) is 5.90. The first-order chi connectivity index (χ1) is 9.78. The van der Waals surface area contributed by atoms with Gasteiger partial charge in [0, 0.05) is 13.3 Å². The summed E-state index contributed by atoms with van der Waals surface area (Å²) in [5.74, 6) is 0.350. The van der Waals surface area contributed by atoms with Gasteiger partial charge in [0.25, 0.3) is 5.89 Å². The Morgan fingerprint density at radius 1 is 1.30 bits per heavy atom. The molecule has 3 aromatic rings. The second-order valence-corrected chi connectivity index (χ2v) is 4.05. The van der Waals surface area contributed by atoms with E-state index >= 15 is 0 Å². The lowest BCUT2D eigenvalue weighted by Crippen LogP contribution is -1.98. The average molecular weight is 274 g/mol. The molecule has 0 aliphatic carbocycles. The van der Waals surface area contributed by atoms with Gasteiger partial charge in [-0.3, -0.25) is 0 Å². The third kappa shape index (κ3) is 2.30. The summed E-state index contributed by atoms with van der Waals surface area (Å²) in [7, 11) is 1.54. The first kappa shape index (κ1) is 12.5. The minimum atomic E-state index is -0.354. The Morgan fingerprint density at radius 3 is 2.95 bits per heavy atom. The third-order valence-electron chi connectivity index (χ3n) is 2.65. The van der Waals surface area contributed by atoms with Crippen molar-refractivity contribution >= 4 is 0 Å². The van der Waals surface area contributed by atoms with Gasteiger partial charge in [0.1, 0.15) is 18.1 Å². The maximum Gasteiger partial charge on any atom is 0.278 e. The number of methoxy groups -OCH3 is 1. The van der Waals surface area contributed by atoms with Crippen molar-refractivity contribution < 1.29 is 13.7 Å². The van der Waals surface area contributed by atoms with Crippen LogP contribution >= 0.6 is 0 Å². The van der Waals surface area contributed by atoms with Crippen molar-refractivity contribution in [2.45, 2.75) is 6.61 Å². The number of halogens is 1. The average Bonchev–Trinajstić information content (AvgIpc) is 3.08. The van der Waals surface area contributed by atoms with E-state index in [1.807, 2.05) is 0 Å². The van der Waals surface area contributed by atoms with E-state index in [1.165, 1.54) is 10.7 Å². The second kappa shape index (κ2) is 5.22. The highest BCUT2D eigenvalue weighted by atomic mass is 19.1. The molecule has 7 heteroatoms. The van der Waals surface area contributed by atoms with Crippen molar-refractivity contribution in [3.05, 3.63) is 48.2 Å². The molecule has 20 heavy (non-hydrogen) atoms. The van der Waals surface area contributed by atoms with Crippen molar-refractivity contribution in [2.75, 3.05) is 7.11 Å². The summed E-state index contributed by atoms with van der Waals surface area (Å²) in [4.78, 5) is 4.13. The fourth-order valence-corrected chi connectivity index (χ4v) is 1.76. The van der Waals surface area contributed by atoms with E-state index in [0.717, 1.165) is 0 Å². The van der Waals surface area contributed by atoms with Crippen LogP contribution in [-0.4, -0.2) is 27.0 Å². The van der Waals surface area contributed by atoms with Gasteiger partial charge in [0.05, 0.1) is 0 Å². The van der Waals surface area contributed by atoms with Crippen LogP contribution in [0.1, 0.15) is 5.82 Å². The molecule has 3 rings (SSSR count). The smallest absolute Gasteiger partial charge is 0.278 e. The Bertz CT molecular complexity index is 722. The second-order valence-electron chi connectivity index (χ2n) is 4.05. The number of rotatable bonds is 4. The Labute approximate surface area is 113 Å². The standard InChI is InChI=1S/C13H11FN4O2/c1-19-8-12-15-13(20-17-12)10-6-7-18(16-10)11-5-3-2-4-9(11)14/h2-7H,8H2,1H3. The topological polar surface area (TPSA) is 66.0 Å². The summed E-state index contributed by atoms with van der Waals surface area (Å²) in [6, 6.07) is 8.05. The zero-order chi connectivity index (χ0) is 13.9. The van der Waals surface area contributed by atoms with Crippen LogP contribution in [0.15, 0.2) is 41.1 Å². The zero-order valence-corrected chi connectivity index (χ0v) is 10.7. The van der Waals surface area contributed by atoms with Gasteiger partial charge in [-0.25, -0.2) is 9.07 Å². The molecule has 0 aliphatic rings. The molecule has 2 aromatic heterocycles. The number of nitrogens with zero attached hydrogens (tertiary/aromatic N) is 4. The summed E-state index contributed by atoms with van der Waals surface area (Å²) in [5.41, 5.74) is 0.832. The molecule has 0 bridgehead atoms. The predicted octanol–water partition coefficient (Wildman–Crippen LogP) is 2.21. The quantitative estimate of drug-likeness (QED) is 0.729. The van der Waals surface area contributed by atoms with Crippen molar-refractivity contribution in [3.63, 3.8) is 0 Å². The molecule has 0 amide bonds. The molecule has 0 spiro atoms. The van der Waals surface area contributed by atoms with Gasteiger partial charge in [-0.2, -0.15) is 10.1 Å². The molecule has 6 nitrogen and oxygen atoms in total. The Kier molecular flexibility index (Phi) is 3.26. The van der Waals surface area contributed by atoms with E-state index in [2.05, 4.69) is 15.2 Å². The van der Waals surface area contributed by atoms with E-state index in [9.17, 15) is 4.39 Å². The maximum absolute atomic E-state index is 13.7. The van der Waals surface area contributed by atoms with Gasteiger partial charge in [-0.1, -0.05) is 17.3 Å². The SMILES string of the molecule is COCc1noc(-c2ccn(-c3ccccc3F)n2)n1. The number of aromatic nitrogens is 4. The Hall–Kier alpha value is -2.54. The molecule has 0 aliphatic heterocycles. The van der Waals surface area contributed by atoms with Crippen LogP contribution in [-0.2, 0) is 11.3 Å². The molecule has 0 radical (unpaired) electrons. The summed E-state index contributed by atoms with van der Waals surface area (Å²) >= 11 is 0. The summed E-state index contributed by atoms with van der Waals surface area (Å²) < 4.78 is 25.1. The monoisotopic (exact) mass is 274 g/mol. The van der Waals surface area contributed by atoms with Crippen LogP contribution in [0.5, 0.6) is 0 Å². The number of hydrogen-bond acceptors (Lipinski definition) is 5. The van der Waals surface area contributed by atoms with Crippen molar-refractivity contribution in [3.8, 4) is 17.3 Å². The summed E-state index contributed by atoms with van der Waals surface area (Å²) in [6.07, 6.45) is 1.63. The van der Waals surface area contributed by atoms with E-state index in [4.69, 9.17) is 9.26 Å². The lowest BCUT2D eigenvalue weighted by Gasteiger charge is -2.01. The van der Waals surface area contributed by atoms with Gasteiger partial charge < -0.3 is 9.26 Å². The molecule has 0 saturated carbocycles. The number of hydrogen-bond donors (Lipinski definition) is 0. The zero-order valence-electron chi connectivity index (χ0n) is 10.7. The molecule has 0 unspecified atom stereocenters. The highest BCUT2D eigenvalue weighted by Gasteiger charge is 2.13. The Morgan fingerprint density at radius 2 is 2.15 bits per heavy atom. The highest BCUT2D eigenvalue weighted by molar-refractivity contribution is 5.46. The van der Waals surface area contributed by atoms with Crippen molar-refractivity contribution in [1.82, 2.24) is 19.9 Å². The summed E-state index contributed by atoms with van der Waals surface area (Å²) in [6.45, 7) is 0.261. The van der Waals surface area contributed by atoms with E-state index in [-0.39, 0.29) is 18.3 Å². The van der Waals surface area contributed by atoms with Gasteiger partial charge in [0.15, 0.2) is 11.5 Å². The largest absolute Gasteiger partial charge is 0.377 e. The molecular weight excluding hydrogens is 263 g/mol. The molecule has 0 saturated heterocycles. The van der Waals surface area contributed by atoms with Gasteiger partial charge in [-0.05, 0) is 18.2 Å². The predicted molar refractivity (Wildman–Crippen MR) is 67.5 cm³/mol. The minimum absolute atomic E-state index is 0.261. The van der Waals surface area contributed by atoms with Crippen LogP contribution < -0.4 is 0 Å². The minimum Gasteiger partial charge on any atom is -0.377 e. The van der Waals surface area contributed by atoms with Gasteiger partial charge in [0.2, 0.25) is 0 Å². The highest BCUT2D eigenvalue weighted by Crippen LogP contribution is 2.18. The summed E-state index contributed by atoms with van der Waals surface area (Å²) in [5, 5.41) is 7.97. The van der Waals surface area contributed by atoms with Crippen molar-refractivity contribution in [2.24, 2.45) is 0 Å². The van der Waals surface area contributed by atoms with Crippen LogP contribution in [0.3, 0.4) is 0 Å². The number of benzene rings is 1. The molecule has 102 valence electrons. The molecule has 0 fully saturated rings. The normalized spacial score (nSPS) is 10.9. The Balaban J connectivity index is 1.91. The van der Waals surface area contributed by atoms with E-state index in [1.54, 1.807) is 37.6 Å². The van der Waals surface area contributed by atoms with Crippen LogP contribution in [0.2, 0.25) is 0 Å². The molecule has 1 aromatic carbocycles. The van der Waals surface area contributed by atoms with Gasteiger partial charge >= 0.3 is 0 Å². The first-order valence-corrected chi connectivity index (χ1v) is 5.90. The van der Waals surface area contributed by atoms with E-state index < -0.39 is 0 Å². The maximum atomic E-state index is 13.7. The lowest BCUT2D eigenvalue weighted by molar-refractivity contribution is 0.174. The van der Waals surface area contributed by atoms with Crippen LogP contribution in [0.25, 0.3) is 17.3 Å². The molecule has 0 N–H and O–H groups in total. The fourth-order valence-electron chi connectivity index (χ4n) is 1.76. The molecule has 0 atom stereocenters. The van der Waals surface area contributed by atoms with Crippen LogP contribution in [0, 0.1) is 5.82 Å². The third-order valence-corrected chi connectivity index (χ3v) is 2.65. The fraction of sp³-hybridized carbons (Fsp3) is 0.154. The van der Waals surface area contributed by atoms with Crippen LogP contribution in [0.4, 0.5) is 4.39 Å². The molecular formula is C13H11FN4O2. The number of para-hydroxylation sites is 1. The number of ether oxygens (including phenoxy) is 1.